The third-order valence-electron chi connectivity index (χ3n) is 3.29. The Hall–Kier alpha value is -1.91. The van der Waals surface area contributed by atoms with E-state index in [2.05, 4.69) is 10.3 Å². The van der Waals surface area contributed by atoms with E-state index in [-0.39, 0.29) is 5.91 Å². The lowest BCUT2D eigenvalue weighted by Crippen LogP contribution is -2.18. The van der Waals surface area contributed by atoms with Gasteiger partial charge in [-0.05, 0) is 17.5 Å². The number of hydrogen-bond acceptors (Lipinski definition) is 3. The molecule has 0 aliphatic heterocycles. The molecule has 0 unspecified atom stereocenters. The standard InChI is InChI=1S/C12H14N2O3/c1-12(2)8(9(12)11(16)17)10(15)14-7-5-3-4-6-13-7/h3-6,8-9H,1-2H3,(H,16,17)(H,13,14,15)/t8-,9+/m0/s1. The number of nitrogens with one attached hydrogen (secondary N) is 1. The molecule has 0 saturated heterocycles. The van der Waals surface area contributed by atoms with E-state index in [1.54, 1.807) is 38.2 Å². The quantitative estimate of drug-likeness (QED) is 0.828. The zero-order chi connectivity index (χ0) is 12.6. The molecule has 1 aliphatic rings. The van der Waals surface area contributed by atoms with Gasteiger partial charge < -0.3 is 10.4 Å². The van der Waals surface area contributed by atoms with Crippen LogP contribution in [0.5, 0.6) is 0 Å². The van der Waals surface area contributed by atoms with Crippen LogP contribution in [0.15, 0.2) is 24.4 Å². The van der Waals surface area contributed by atoms with Gasteiger partial charge >= 0.3 is 5.97 Å². The van der Waals surface area contributed by atoms with Crippen LogP contribution < -0.4 is 5.32 Å². The molecule has 1 aromatic heterocycles. The fraction of sp³-hybridized carbons (Fsp3) is 0.417. The van der Waals surface area contributed by atoms with Crippen molar-refractivity contribution in [2.45, 2.75) is 13.8 Å². The highest BCUT2D eigenvalue weighted by Crippen LogP contribution is 2.58. The van der Waals surface area contributed by atoms with E-state index >= 15 is 0 Å². The first-order valence-corrected chi connectivity index (χ1v) is 5.39. The van der Waals surface area contributed by atoms with E-state index < -0.39 is 23.2 Å². The van der Waals surface area contributed by atoms with Gasteiger partial charge in [0.1, 0.15) is 5.82 Å². The summed E-state index contributed by atoms with van der Waals surface area (Å²) < 4.78 is 0. The maximum Gasteiger partial charge on any atom is 0.307 e. The number of aliphatic carboxylic acids is 1. The van der Waals surface area contributed by atoms with Crippen LogP contribution in [0.2, 0.25) is 0 Å². The zero-order valence-corrected chi connectivity index (χ0v) is 9.68. The largest absolute Gasteiger partial charge is 0.481 e. The normalized spacial score (nSPS) is 25.1. The summed E-state index contributed by atoms with van der Waals surface area (Å²) >= 11 is 0. The van der Waals surface area contributed by atoms with Gasteiger partial charge in [0, 0.05) is 6.20 Å². The van der Waals surface area contributed by atoms with Crippen LogP contribution in [0, 0.1) is 17.3 Å². The molecule has 1 saturated carbocycles. The maximum absolute atomic E-state index is 11.9. The van der Waals surface area contributed by atoms with E-state index in [0.717, 1.165) is 0 Å². The first-order chi connectivity index (χ1) is 7.94. The Bertz CT molecular complexity index is 456. The Kier molecular flexibility index (Phi) is 2.61. The average molecular weight is 234 g/mol. The lowest BCUT2D eigenvalue weighted by Gasteiger charge is -2.04. The van der Waals surface area contributed by atoms with Crippen molar-refractivity contribution in [1.29, 1.82) is 0 Å². The topological polar surface area (TPSA) is 79.3 Å². The molecular formula is C12H14N2O3. The minimum atomic E-state index is -0.920. The number of carbonyl (C=O) groups is 2. The molecule has 17 heavy (non-hydrogen) atoms. The maximum atomic E-state index is 11.9. The lowest BCUT2D eigenvalue weighted by molar-refractivity contribution is -0.140. The Morgan fingerprint density at radius 3 is 2.53 bits per heavy atom. The van der Waals surface area contributed by atoms with Crippen molar-refractivity contribution in [2.75, 3.05) is 5.32 Å². The summed E-state index contributed by atoms with van der Waals surface area (Å²) in [5.74, 6) is -1.84. The molecule has 1 aromatic rings. The molecule has 1 aliphatic carbocycles. The molecule has 1 heterocycles. The molecule has 5 nitrogen and oxygen atoms in total. The number of carboxylic acids is 1. The second-order valence-corrected chi connectivity index (χ2v) is 4.82. The van der Waals surface area contributed by atoms with Gasteiger partial charge in [0.15, 0.2) is 0 Å². The van der Waals surface area contributed by atoms with Gasteiger partial charge in [-0.3, -0.25) is 9.59 Å². The van der Waals surface area contributed by atoms with Crippen molar-refractivity contribution in [3.05, 3.63) is 24.4 Å². The van der Waals surface area contributed by atoms with Crippen LogP contribution in [0.4, 0.5) is 5.82 Å². The summed E-state index contributed by atoms with van der Waals surface area (Å²) in [7, 11) is 0. The molecule has 0 bridgehead atoms. The number of pyridine rings is 1. The number of amides is 1. The van der Waals surface area contributed by atoms with E-state index in [0.29, 0.717) is 5.82 Å². The lowest BCUT2D eigenvalue weighted by atomic mass is 10.1. The fourth-order valence-corrected chi connectivity index (χ4v) is 2.23. The second-order valence-electron chi connectivity index (χ2n) is 4.82. The van der Waals surface area contributed by atoms with Crippen molar-refractivity contribution < 1.29 is 14.7 Å². The van der Waals surface area contributed by atoms with Gasteiger partial charge in [0.2, 0.25) is 5.91 Å². The third-order valence-corrected chi connectivity index (χ3v) is 3.29. The van der Waals surface area contributed by atoms with Crippen LogP contribution in [0.1, 0.15) is 13.8 Å². The van der Waals surface area contributed by atoms with Crippen LogP contribution in [0.25, 0.3) is 0 Å². The molecule has 0 radical (unpaired) electrons. The molecule has 0 spiro atoms. The van der Waals surface area contributed by atoms with Crippen LogP contribution in [0.3, 0.4) is 0 Å². The van der Waals surface area contributed by atoms with Gasteiger partial charge in [-0.15, -0.1) is 0 Å². The SMILES string of the molecule is CC1(C)[C@H](C(=O)Nc2ccccn2)[C@@H]1C(=O)O. The Morgan fingerprint density at radius 2 is 2.06 bits per heavy atom. The first-order valence-electron chi connectivity index (χ1n) is 5.39. The van der Waals surface area contributed by atoms with E-state index in [1.165, 1.54) is 0 Å². The van der Waals surface area contributed by atoms with E-state index in [4.69, 9.17) is 5.11 Å². The van der Waals surface area contributed by atoms with Crippen LogP contribution in [-0.2, 0) is 9.59 Å². The number of aromatic nitrogens is 1. The third kappa shape index (κ3) is 2.00. The Labute approximate surface area is 98.9 Å². The molecule has 2 rings (SSSR count). The van der Waals surface area contributed by atoms with Gasteiger partial charge in [-0.2, -0.15) is 0 Å². The Balaban J connectivity index is 2.06. The molecular weight excluding hydrogens is 220 g/mol. The van der Waals surface area contributed by atoms with Gasteiger partial charge in [-0.25, -0.2) is 4.98 Å². The zero-order valence-electron chi connectivity index (χ0n) is 9.68. The molecule has 5 heteroatoms. The van der Waals surface area contributed by atoms with Crippen LogP contribution in [-0.4, -0.2) is 22.0 Å². The first kappa shape index (κ1) is 11.6. The Morgan fingerprint density at radius 1 is 1.35 bits per heavy atom. The molecule has 0 aromatic carbocycles. The molecule has 1 amide bonds. The molecule has 2 atom stereocenters. The van der Waals surface area contributed by atoms with E-state index in [1.807, 2.05) is 0 Å². The minimum Gasteiger partial charge on any atom is -0.481 e. The summed E-state index contributed by atoms with van der Waals surface area (Å²) in [6.45, 7) is 3.57. The molecule has 2 N–H and O–H groups in total. The van der Waals surface area contributed by atoms with Crippen molar-refractivity contribution in [3.63, 3.8) is 0 Å². The summed E-state index contributed by atoms with van der Waals surface area (Å²) in [4.78, 5) is 26.8. The number of carbonyl (C=O) groups excluding carboxylic acids is 1. The summed E-state index contributed by atoms with van der Waals surface area (Å²) in [5, 5.41) is 11.6. The highest BCUT2D eigenvalue weighted by atomic mass is 16.4. The highest BCUT2D eigenvalue weighted by Gasteiger charge is 2.65. The van der Waals surface area contributed by atoms with Crippen molar-refractivity contribution >= 4 is 17.7 Å². The smallest absolute Gasteiger partial charge is 0.307 e. The summed E-state index contributed by atoms with van der Waals surface area (Å²) in [5.41, 5.74) is -0.481. The monoisotopic (exact) mass is 234 g/mol. The average Bonchev–Trinajstić information content (AvgIpc) is 2.83. The van der Waals surface area contributed by atoms with Gasteiger partial charge in [0.05, 0.1) is 11.8 Å². The van der Waals surface area contributed by atoms with E-state index in [9.17, 15) is 9.59 Å². The second kappa shape index (κ2) is 3.84. The van der Waals surface area contributed by atoms with Crippen molar-refractivity contribution in [2.24, 2.45) is 17.3 Å². The van der Waals surface area contributed by atoms with Gasteiger partial charge in [-0.1, -0.05) is 19.9 Å². The number of nitrogens with zero attached hydrogens (tertiary/aromatic N) is 1. The summed E-state index contributed by atoms with van der Waals surface area (Å²) in [6, 6.07) is 5.18. The number of anilines is 1. The minimum absolute atomic E-state index is 0.277. The number of rotatable bonds is 3. The predicted molar refractivity (Wildman–Crippen MR) is 61.3 cm³/mol. The highest BCUT2D eigenvalue weighted by molar-refractivity contribution is 5.99. The van der Waals surface area contributed by atoms with Crippen molar-refractivity contribution in [3.8, 4) is 0 Å². The van der Waals surface area contributed by atoms with Gasteiger partial charge in [0.25, 0.3) is 0 Å². The molecule has 1 fully saturated rings. The fourth-order valence-electron chi connectivity index (χ4n) is 2.23. The predicted octanol–water partition coefficient (Wildman–Crippen LogP) is 1.38. The van der Waals surface area contributed by atoms with Crippen LogP contribution >= 0.6 is 0 Å². The van der Waals surface area contributed by atoms with Crippen molar-refractivity contribution in [1.82, 2.24) is 4.98 Å². The number of hydrogen-bond donors (Lipinski definition) is 2. The number of carboxylic acid groups (broad SMARTS) is 1. The molecule has 90 valence electrons. The summed E-state index contributed by atoms with van der Waals surface area (Å²) in [6.07, 6.45) is 1.57.